The van der Waals surface area contributed by atoms with Crippen molar-refractivity contribution in [2.24, 2.45) is 0 Å². The van der Waals surface area contributed by atoms with E-state index in [1.165, 1.54) is 0 Å². The van der Waals surface area contributed by atoms with Gasteiger partial charge in [-0.25, -0.2) is 4.79 Å². The van der Waals surface area contributed by atoms with Crippen molar-refractivity contribution in [1.29, 1.82) is 0 Å². The Morgan fingerprint density at radius 3 is 2.50 bits per heavy atom. The molecule has 26 heavy (non-hydrogen) atoms. The van der Waals surface area contributed by atoms with Crippen LogP contribution >= 0.6 is 0 Å². The lowest BCUT2D eigenvalue weighted by Crippen LogP contribution is -2.26. The van der Waals surface area contributed by atoms with E-state index in [0.717, 1.165) is 5.56 Å². The maximum Gasteiger partial charge on any atom is 0.338 e. The summed E-state index contributed by atoms with van der Waals surface area (Å²) in [6, 6.07) is 19.0. The van der Waals surface area contributed by atoms with Crippen molar-refractivity contribution in [2.75, 3.05) is 6.61 Å². The molecule has 0 saturated carbocycles. The first-order chi connectivity index (χ1) is 12.8. The summed E-state index contributed by atoms with van der Waals surface area (Å²) in [6.45, 7) is 4.79. The third kappa shape index (κ3) is 5.04. The Morgan fingerprint density at radius 1 is 1.12 bits per heavy atom. The number of hydrogen-bond donors (Lipinski definition) is 0. The fourth-order valence-corrected chi connectivity index (χ4v) is 3.07. The van der Waals surface area contributed by atoms with E-state index in [-0.39, 0.29) is 24.3 Å². The Hall–Kier alpha value is -2.43. The zero-order valence-corrected chi connectivity index (χ0v) is 14.8. The minimum Gasteiger partial charge on any atom is -0.456 e. The molecular formula is C22H24O4. The number of carbonyl (C=O) groups is 1. The van der Waals surface area contributed by atoms with Gasteiger partial charge in [-0.3, -0.25) is 0 Å². The number of benzene rings is 2. The van der Waals surface area contributed by atoms with Gasteiger partial charge in [0.1, 0.15) is 6.10 Å². The van der Waals surface area contributed by atoms with Gasteiger partial charge in [0, 0.05) is 6.42 Å². The quantitative estimate of drug-likeness (QED) is 0.528. The predicted molar refractivity (Wildman–Crippen MR) is 99.8 cm³/mol. The SMILES string of the molecule is C=CC[C@@H]1O[C@H](COCc2ccccc2)C[C@@H]1OC(=O)c1ccccc1. The molecule has 4 nitrogen and oxygen atoms in total. The van der Waals surface area contributed by atoms with Gasteiger partial charge < -0.3 is 14.2 Å². The van der Waals surface area contributed by atoms with Crippen LogP contribution in [0.3, 0.4) is 0 Å². The van der Waals surface area contributed by atoms with Gasteiger partial charge in [-0.2, -0.15) is 0 Å². The summed E-state index contributed by atoms with van der Waals surface area (Å²) in [6.07, 6.45) is 2.52. The molecule has 1 aliphatic heterocycles. The molecule has 1 aliphatic rings. The largest absolute Gasteiger partial charge is 0.456 e. The van der Waals surface area contributed by atoms with E-state index in [4.69, 9.17) is 14.2 Å². The summed E-state index contributed by atoms with van der Waals surface area (Å²) < 4.78 is 17.5. The highest BCUT2D eigenvalue weighted by molar-refractivity contribution is 5.89. The van der Waals surface area contributed by atoms with Gasteiger partial charge in [-0.05, 0) is 24.1 Å². The van der Waals surface area contributed by atoms with E-state index in [0.29, 0.717) is 31.6 Å². The predicted octanol–water partition coefficient (Wildman–Crippen LogP) is 4.16. The van der Waals surface area contributed by atoms with Crippen molar-refractivity contribution in [3.63, 3.8) is 0 Å². The highest BCUT2D eigenvalue weighted by Crippen LogP contribution is 2.27. The van der Waals surface area contributed by atoms with Gasteiger partial charge in [0.25, 0.3) is 0 Å². The molecule has 136 valence electrons. The highest BCUT2D eigenvalue weighted by atomic mass is 16.6. The van der Waals surface area contributed by atoms with Crippen molar-refractivity contribution < 1.29 is 19.0 Å². The molecule has 1 fully saturated rings. The average molecular weight is 352 g/mol. The van der Waals surface area contributed by atoms with Gasteiger partial charge in [-0.1, -0.05) is 54.6 Å². The number of esters is 1. The van der Waals surface area contributed by atoms with Crippen LogP contribution in [0.4, 0.5) is 0 Å². The van der Waals surface area contributed by atoms with Crippen LogP contribution in [0.1, 0.15) is 28.8 Å². The lowest BCUT2D eigenvalue weighted by atomic mass is 10.1. The second kappa shape index (κ2) is 9.32. The summed E-state index contributed by atoms with van der Waals surface area (Å²) in [7, 11) is 0. The molecule has 2 aromatic carbocycles. The molecule has 1 saturated heterocycles. The summed E-state index contributed by atoms with van der Waals surface area (Å²) in [5.74, 6) is -0.320. The van der Waals surface area contributed by atoms with Crippen molar-refractivity contribution in [1.82, 2.24) is 0 Å². The van der Waals surface area contributed by atoms with Crippen LogP contribution in [0.2, 0.25) is 0 Å². The first-order valence-corrected chi connectivity index (χ1v) is 8.90. The Morgan fingerprint density at radius 2 is 1.81 bits per heavy atom. The number of hydrogen-bond acceptors (Lipinski definition) is 4. The molecule has 3 atom stereocenters. The first kappa shape index (κ1) is 18.4. The summed E-state index contributed by atoms with van der Waals surface area (Å²) in [5, 5.41) is 0. The molecule has 0 unspecified atom stereocenters. The topological polar surface area (TPSA) is 44.8 Å². The van der Waals surface area contributed by atoms with Crippen LogP contribution in [0.5, 0.6) is 0 Å². The molecule has 0 N–H and O–H groups in total. The van der Waals surface area contributed by atoms with E-state index in [2.05, 4.69) is 6.58 Å². The molecule has 1 heterocycles. The Labute approximate surface area is 154 Å². The van der Waals surface area contributed by atoms with E-state index in [1.807, 2.05) is 48.5 Å². The lowest BCUT2D eigenvalue weighted by Gasteiger charge is -2.17. The standard InChI is InChI=1S/C22H24O4/c1-2-9-20-21(26-22(23)18-12-7-4-8-13-18)14-19(25-20)16-24-15-17-10-5-3-6-11-17/h2-8,10-13,19-21H,1,9,14-16H2/t19-,20-,21-/m0/s1. The second-order valence-electron chi connectivity index (χ2n) is 6.37. The molecule has 0 spiro atoms. The number of carbonyl (C=O) groups excluding carboxylic acids is 1. The molecule has 3 rings (SSSR count). The molecule has 0 amide bonds. The van der Waals surface area contributed by atoms with Crippen molar-refractivity contribution in [3.05, 3.63) is 84.4 Å². The van der Waals surface area contributed by atoms with Gasteiger partial charge in [0.15, 0.2) is 0 Å². The summed E-state index contributed by atoms with van der Waals surface area (Å²) in [4.78, 5) is 12.3. The summed E-state index contributed by atoms with van der Waals surface area (Å²) >= 11 is 0. The van der Waals surface area contributed by atoms with Gasteiger partial charge in [0.05, 0.1) is 31.0 Å². The molecule has 0 bridgehead atoms. The van der Waals surface area contributed by atoms with Crippen molar-refractivity contribution >= 4 is 5.97 Å². The van der Waals surface area contributed by atoms with E-state index < -0.39 is 0 Å². The van der Waals surface area contributed by atoms with Crippen LogP contribution in [-0.2, 0) is 20.8 Å². The van der Waals surface area contributed by atoms with Crippen LogP contribution in [0, 0.1) is 0 Å². The molecule has 0 aliphatic carbocycles. The maximum absolute atomic E-state index is 12.3. The Kier molecular flexibility index (Phi) is 6.58. The van der Waals surface area contributed by atoms with E-state index in [1.54, 1.807) is 18.2 Å². The maximum atomic E-state index is 12.3. The third-order valence-corrected chi connectivity index (χ3v) is 4.36. The first-order valence-electron chi connectivity index (χ1n) is 8.90. The number of ether oxygens (including phenoxy) is 3. The van der Waals surface area contributed by atoms with E-state index >= 15 is 0 Å². The number of rotatable bonds is 8. The minimum atomic E-state index is -0.320. The van der Waals surface area contributed by atoms with Crippen LogP contribution in [0.25, 0.3) is 0 Å². The fourth-order valence-electron chi connectivity index (χ4n) is 3.07. The monoisotopic (exact) mass is 352 g/mol. The zero-order chi connectivity index (χ0) is 18.2. The van der Waals surface area contributed by atoms with Gasteiger partial charge in [0.2, 0.25) is 0 Å². The average Bonchev–Trinajstić information content (AvgIpc) is 3.05. The Bertz CT molecular complexity index is 699. The van der Waals surface area contributed by atoms with Crippen LogP contribution < -0.4 is 0 Å². The molecule has 2 aromatic rings. The fraction of sp³-hybridized carbons (Fsp3) is 0.318. The van der Waals surface area contributed by atoms with Crippen LogP contribution in [0.15, 0.2) is 73.3 Å². The molecule has 0 radical (unpaired) electrons. The van der Waals surface area contributed by atoms with Gasteiger partial charge in [-0.15, -0.1) is 6.58 Å². The Balaban J connectivity index is 1.52. The molecule has 0 aromatic heterocycles. The van der Waals surface area contributed by atoms with E-state index in [9.17, 15) is 4.79 Å². The normalized spacial score (nSPS) is 22.1. The van der Waals surface area contributed by atoms with Crippen LogP contribution in [-0.4, -0.2) is 30.9 Å². The lowest BCUT2D eigenvalue weighted by molar-refractivity contribution is -0.0350. The summed E-state index contributed by atoms with van der Waals surface area (Å²) in [5.41, 5.74) is 1.67. The van der Waals surface area contributed by atoms with Crippen molar-refractivity contribution in [2.45, 2.75) is 37.8 Å². The van der Waals surface area contributed by atoms with Gasteiger partial charge >= 0.3 is 5.97 Å². The smallest absolute Gasteiger partial charge is 0.338 e. The third-order valence-electron chi connectivity index (χ3n) is 4.36. The minimum absolute atomic E-state index is 0.0859. The zero-order valence-electron chi connectivity index (χ0n) is 14.8. The molecular weight excluding hydrogens is 328 g/mol. The molecule has 4 heteroatoms. The highest BCUT2D eigenvalue weighted by Gasteiger charge is 2.37. The second-order valence-corrected chi connectivity index (χ2v) is 6.37. The van der Waals surface area contributed by atoms with Crippen molar-refractivity contribution in [3.8, 4) is 0 Å².